The van der Waals surface area contributed by atoms with Gasteiger partial charge < -0.3 is 24.8 Å². The maximum absolute atomic E-state index is 14.4. The van der Waals surface area contributed by atoms with Crippen molar-refractivity contribution in [1.29, 1.82) is 0 Å². The summed E-state index contributed by atoms with van der Waals surface area (Å²) < 4.78 is 18.5. The van der Waals surface area contributed by atoms with E-state index in [1.165, 1.54) is 0 Å². The molecule has 3 amide bonds. The van der Waals surface area contributed by atoms with Crippen molar-refractivity contribution in [3.63, 3.8) is 0 Å². The number of pyridine rings is 2. The second kappa shape index (κ2) is 17.4. The Morgan fingerprint density at radius 2 is 1.44 bits per heavy atom. The fourth-order valence-corrected chi connectivity index (χ4v) is 6.00. The van der Waals surface area contributed by atoms with Crippen LogP contribution in [0.1, 0.15) is 119 Å². The number of carbonyl (C=O) groups excluding carboxylic acids is 3. The third-order valence-corrected chi connectivity index (χ3v) is 8.57. The number of nitrogens with zero attached hydrogens (tertiary/aromatic N) is 2. The van der Waals surface area contributed by atoms with Crippen LogP contribution in [0.3, 0.4) is 0 Å². The molecule has 0 radical (unpaired) electrons. The number of rotatable bonds is 12. The molecule has 12 heteroatoms. The van der Waals surface area contributed by atoms with Crippen molar-refractivity contribution in [2.75, 3.05) is 29.2 Å². The predicted octanol–water partition coefficient (Wildman–Crippen LogP) is 10.2. The Morgan fingerprint density at radius 3 is 2.02 bits per heavy atom. The zero-order valence-electron chi connectivity index (χ0n) is 34.3. The normalized spacial score (nSPS) is 11.9. The van der Waals surface area contributed by atoms with Gasteiger partial charge in [-0.3, -0.25) is 19.5 Å². The molecule has 0 unspecified atom stereocenters. The van der Waals surface area contributed by atoms with Gasteiger partial charge in [0.1, 0.15) is 22.7 Å². The van der Waals surface area contributed by atoms with Crippen molar-refractivity contribution >= 4 is 46.2 Å². The molecule has 2 heterocycles. The van der Waals surface area contributed by atoms with Crippen LogP contribution >= 0.6 is 0 Å². The van der Waals surface area contributed by atoms with Crippen molar-refractivity contribution in [2.45, 2.75) is 113 Å². The third kappa shape index (κ3) is 10.9. The van der Waals surface area contributed by atoms with Crippen LogP contribution in [0.4, 0.5) is 26.7 Å². The van der Waals surface area contributed by atoms with E-state index in [2.05, 4.69) is 20.9 Å². The third-order valence-electron chi connectivity index (χ3n) is 8.57. The summed E-state index contributed by atoms with van der Waals surface area (Å²) in [6, 6.07) is 13.7. The van der Waals surface area contributed by atoms with Crippen LogP contribution < -0.4 is 26.2 Å². The number of hydrogen-bond donors (Lipinski definition) is 3. The number of nitrogens with one attached hydrogen (secondary N) is 3. The van der Waals surface area contributed by atoms with Crippen LogP contribution in [-0.2, 0) is 14.3 Å². The fraction of sp³-hybridized carbons (Fsp3) is 0.465. The SMILES string of the molecule is CC(C)c1cc(NC(=O)OC(C)(C)C)cc(C(C)C)c1NC(=O)Nc1c(-c2cccc(OCCCOC(=O)C(C)(C)C)c2)c2cccnc2n(C(C)C)c1=O. The van der Waals surface area contributed by atoms with Crippen molar-refractivity contribution in [2.24, 2.45) is 5.41 Å². The molecular formula is C43H57N5O7. The van der Waals surface area contributed by atoms with Crippen LogP contribution in [-0.4, -0.2) is 46.5 Å². The highest BCUT2D eigenvalue weighted by atomic mass is 16.6. The first-order valence-corrected chi connectivity index (χ1v) is 18.9. The van der Waals surface area contributed by atoms with Gasteiger partial charge in [-0.05, 0) is 120 Å². The predicted molar refractivity (Wildman–Crippen MR) is 219 cm³/mol. The monoisotopic (exact) mass is 755 g/mol. The topological polar surface area (TPSA) is 150 Å². The molecule has 0 saturated heterocycles. The number of fused-ring (bicyclic) bond motifs is 1. The molecule has 0 spiro atoms. The molecule has 296 valence electrons. The Hall–Kier alpha value is -5.39. The maximum Gasteiger partial charge on any atom is 0.412 e. The van der Waals surface area contributed by atoms with E-state index in [9.17, 15) is 19.2 Å². The number of ether oxygens (including phenoxy) is 3. The minimum atomic E-state index is -0.671. The van der Waals surface area contributed by atoms with Crippen LogP contribution in [0, 0.1) is 5.41 Å². The lowest BCUT2D eigenvalue weighted by molar-refractivity contribution is -0.153. The van der Waals surface area contributed by atoms with Crippen LogP contribution in [0.5, 0.6) is 5.75 Å². The van der Waals surface area contributed by atoms with E-state index in [1.807, 2.05) is 84.0 Å². The van der Waals surface area contributed by atoms with E-state index < -0.39 is 28.7 Å². The van der Waals surface area contributed by atoms with Gasteiger partial charge in [-0.2, -0.15) is 0 Å². The highest BCUT2D eigenvalue weighted by Gasteiger charge is 2.26. The summed E-state index contributed by atoms with van der Waals surface area (Å²) in [6.07, 6.45) is 1.55. The molecule has 0 fully saturated rings. The Bertz CT molecular complexity index is 2060. The summed E-state index contributed by atoms with van der Waals surface area (Å²) in [4.78, 5) is 58.0. The Morgan fingerprint density at radius 1 is 0.800 bits per heavy atom. The summed E-state index contributed by atoms with van der Waals surface area (Å²) in [5, 5.41) is 9.50. The zero-order chi connectivity index (χ0) is 40.8. The van der Waals surface area contributed by atoms with Crippen molar-refractivity contribution in [3.8, 4) is 16.9 Å². The van der Waals surface area contributed by atoms with Crippen molar-refractivity contribution in [3.05, 3.63) is 76.2 Å². The van der Waals surface area contributed by atoms with Gasteiger partial charge in [-0.15, -0.1) is 0 Å². The molecule has 4 rings (SSSR count). The molecule has 0 saturated carbocycles. The first-order chi connectivity index (χ1) is 25.7. The van der Waals surface area contributed by atoms with Crippen LogP contribution in [0.2, 0.25) is 0 Å². The average Bonchev–Trinajstić information content (AvgIpc) is 3.07. The van der Waals surface area contributed by atoms with E-state index >= 15 is 0 Å². The number of urea groups is 1. The Kier molecular flexibility index (Phi) is 13.4. The molecule has 0 aliphatic heterocycles. The first kappa shape index (κ1) is 42.4. The molecule has 0 atom stereocenters. The Balaban J connectivity index is 1.73. The molecule has 0 aliphatic carbocycles. The molecule has 2 aromatic heterocycles. The lowest BCUT2D eigenvalue weighted by Gasteiger charge is -2.24. The maximum atomic E-state index is 14.4. The first-order valence-electron chi connectivity index (χ1n) is 18.9. The fourth-order valence-electron chi connectivity index (χ4n) is 6.00. The number of amides is 3. The molecule has 3 N–H and O–H groups in total. The minimum Gasteiger partial charge on any atom is -0.493 e. The molecule has 0 bridgehead atoms. The summed E-state index contributed by atoms with van der Waals surface area (Å²) in [6.45, 7) is 23.1. The highest BCUT2D eigenvalue weighted by molar-refractivity contribution is 6.08. The van der Waals surface area contributed by atoms with E-state index in [-0.39, 0.29) is 36.1 Å². The molecule has 12 nitrogen and oxygen atoms in total. The summed E-state index contributed by atoms with van der Waals surface area (Å²) in [5.41, 5.74) is 2.76. The van der Waals surface area contributed by atoms with E-state index in [1.54, 1.807) is 58.4 Å². The molecule has 4 aromatic rings. The number of esters is 1. The van der Waals surface area contributed by atoms with Gasteiger partial charge in [-0.25, -0.2) is 14.6 Å². The lowest BCUT2D eigenvalue weighted by atomic mass is 9.91. The largest absolute Gasteiger partial charge is 0.493 e. The molecule has 2 aromatic carbocycles. The van der Waals surface area contributed by atoms with Crippen LogP contribution in [0.15, 0.2) is 59.5 Å². The summed E-state index contributed by atoms with van der Waals surface area (Å²) >= 11 is 0. The van der Waals surface area contributed by atoms with Gasteiger partial charge in [0, 0.05) is 41.0 Å². The summed E-state index contributed by atoms with van der Waals surface area (Å²) in [5.74, 6) is 0.190. The number of carbonyl (C=O) groups is 3. The van der Waals surface area contributed by atoms with Gasteiger partial charge in [0.05, 0.1) is 18.6 Å². The van der Waals surface area contributed by atoms with Crippen LogP contribution in [0.25, 0.3) is 22.2 Å². The highest BCUT2D eigenvalue weighted by Crippen LogP contribution is 2.38. The number of benzene rings is 2. The number of hydrogen-bond acceptors (Lipinski definition) is 8. The smallest absolute Gasteiger partial charge is 0.412 e. The number of aromatic nitrogens is 2. The standard InChI is InChI=1S/C43H57N5O7/c1-25(2)32-23-29(45-41(52)55-43(10,11)12)24-33(26(3)4)35(32)46-40(51)47-36-34(31-18-14-19-44-37(31)48(27(5)6)38(36)49)28-16-13-17-30(22-28)53-20-15-21-54-39(50)42(7,8)9/h13-14,16-19,22-27H,15,20-21H2,1-12H3,(H,45,52)(H2,46,47,51). The van der Waals surface area contributed by atoms with E-state index in [0.29, 0.717) is 52.3 Å². The van der Waals surface area contributed by atoms with Gasteiger partial charge in [0.15, 0.2) is 0 Å². The van der Waals surface area contributed by atoms with Crippen molar-refractivity contribution in [1.82, 2.24) is 9.55 Å². The summed E-state index contributed by atoms with van der Waals surface area (Å²) in [7, 11) is 0. The second-order valence-electron chi connectivity index (χ2n) is 16.6. The van der Waals surface area contributed by atoms with Gasteiger partial charge in [-0.1, -0.05) is 39.8 Å². The van der Waals surface area contributed by atoms with E-state index in [4.69, 9.17) is 14.2 Å². The van der Waals surface area contributed by atoms with Gasteiger partial charge >= 0.3 is 18.1 Å². The Labute approximate surface area is 324 Å². The lowest BCUT2D eigenvalue weighted by Crippen LogP contribution is -2.31. The minimum absolute atomic E-state index is 0.0399. The molecular weight excluding hydrogens is 699 g/mol. The van der Waals surface area contributed by atoms with Gasteiger partial charge in [0.2, 0.25) is 0 Å². The second-order valence-corrected chi connectivity index (χ2v) is 16.6. The van der Waals surface area contributed by atoms with Crippen molar-refractivity contribution < 1.29 is 28.6 Å². The molecule has 55 heavy (non-hydrogen) atoms. The van der Waals surface area contributed by atoms with Gasteiger partial charge in [0.25, 0.3) is 5.56 Å². The number of anilines is 3. The quantitative estimate of drug-likeness (QED) is 0.0955. The molecule has 0 aliphatic rings. The zero-order valence-corrected chi connectivity index (χ0v) is 34.3. The van der Waals surface area contributed by atoms with E-state index in [0.717, 1.165) is 11.1 Å². The average molecular weight is 756 g/mol.